The van der Waals surface area contributed by atoms with E-state index in [1.54, 1.807) is 0 Å². The van der Waals surface area contributed by atoms with Crippen molar-refractivity contribution < 1.29 is 9.84 Å². The highest BCUT2D eigenvalue weighted by molar-refractivity contribution is 6.18. The van der Waals surface area contributed by atoms with Crippen LogP contribution in [-0.4, -0.2) is 43.4 Å². The number of anilines is 1. The van der Waals surface area contributed by atoms with E-state index in [0.717, 1.165) is 0 Å². The lowest BCUT2D eigenvalue weighted by Crippen LogP contribution is -2.13. The zero-order chi connectivity index (χ0) is 12.7. The molecule has 96 valence electrons. The van der Waals surface area contributed by atoms with Gasteiger partial charge in [-0.1, -0.05) is 0 Å². The topological polar surface area (TPSA) is 110 Å². The van der Waals surface area contributed by atoms with Crippen LogP contribution in [0.25, 0.3) is 11.0 Å². The molecule has 1 aliphatic rings. The highest BCUT2D eigenvalue weighted by Crippen LogP contribution is 2.35. The first kappa shape index (κ1) is 11.6. The van der Waals surface area contributed by atoms with Crippen LogP contribution in [0.15, 0.2) is 6.33 Å². The van der Waals surface area contributed by atoms with E-state index < -0.39 is 12.2 Å². The van der Waals surface area contributed by atoms with Gasteiger partial charge in [0, 0.05) is 12.3 Å². The van der Waals surface area contributed by atoms with Crippen LogP contribution in [0.4, 0.5) is 5.82 Å². The summed E-state index contributed by atoms with van der Waals surface area (Å²) in [5, 5.41) is 16.8. The van der Waals surface area contributed by atoms with E-state index in [4.69, 9.17) is 22.1 Å². The molecule has 8 heteroatoms. The average Bonchev–Trinajstić information content (AvgIpc) is 2.93. The van der Waals surface area contributed by atoms with Gasteiger partial charge in [-0.2, -0.15) is 5.10 Å². The number of fused-ring (bicyclic) bond motifs is 1. The summed E-state index contributed by atoms with van der Waals surface area (Å²) >= 11 is 5.74. The number of halogens is 1. The average molecular weight is 270 g/mol. The molecule has 4 N–H and O–H groups in total. The normalized spacial score (nSPS) is 28.0. The molecular formula is C10H12ClN5O2. The summed E-state index contributed by atoms with van der Waals surface area (Å²) in [7, 11) is 0. The molecule has 0 unspecified atom stereocenters. The minimum Gasteiger partial charge on any atom is -0.390 e. The van der Waals surface area contributed by atoms with Crippen LogP contribution >= 0.6 is 11.6 Å². The van der Waals surface area contributed by atoms with E-state index in [1.807, 2.05) is 0 Å². The molecule has 0 amide bonds. The van der Waals surface area contributed by atoms with Gasteiger partial charge in [0.1, 0.15) is 17.9 Å². The third-order valence-corrected chi connectivity index (χ3v) is 3.39. The van der Waals surface area contributed by atoms with Gasteiger partial charge in [-0.15, -0.1) is 11.6 Å². The Balaban J connectivity index is 2.02. The Morgan fingerprint density at radius 1 is 1.50 bits per heavy atom. The number of alkyl halides is 1. The smallest absolute Gasteiger partial charge is 0.155 e. The summed E-state index contributed by atoms with van der Waals surface area (Å²) in [6, 6.07) is 0. The van der Waals surface area contributed by atoms with Crippen molar-refractivity contribution in [1.29, 1.82) is 0 Å². The molecule has 7 nitrogen and oxygen atoms in total. The Bertz CT molecular complexity index is 574. The zero-order valence-electron chi connectivity index (χ0n) is 9.38. The van der Waals surface area contributed by atoms with Gasteiger partial charge in [-0.3, -0.25) is 5.10 Å². The van der Waals surface area contributed by atoms with Gasteiger partial charge in [0.2, 0.25) is 0 Å². The second-order valence-corrected chi connectivity index (χ2v) is 4.54. The van der Waals surface area contributed by atoms with Crippen LogP contribution < -0.4 is 5.73 Å². The van der Waals surface area contributed by atoms with Gasteiger partial charge in [-0.25, -0.2) is 9.97 Å². The maximum absolute atomic E-state index is 9.98. The number of nitrogens with two attached hydrogens (primary N) is 1. The minimum absolute atomic E-state index is 0.163. The Kier molecular flexibility index (Phi) is 2.81. The summed E-state index contributed by atoms with van der Waals surface area (Å²) < 4.78 is 5.66. The maximum atomic E-state index is 9.98. The highest BCUT2D eigenvalue weighted by Gasteiger charge is 2.37. The van der Waals surface area contributed by atoms with Crippen LogP contribution in [-0.2, 0) is 4.74 Å². The Morgan fingerprint density at radius 3 is 3.06 bits per heavy atom. The van der Waals surface area contributed by atoms with E-state index in [1.165, 1.54) is 6.33 Å². The number of hydrogen-bond donors (Lipinski definition) is 3. The molecule has 0 aliphatic carbocycles. The Labute approximate surface area is 107 Å². The van der Waals surface area contributed by atoms with Crippen molar-refractivity contribution in [2.24, 2.45) is 0 Å². The van der Waals surface area contributed by atoms with Gasteiger partial charge in [0.05, 0.1) is 17.9 Å². The van der Waals surface area contributed by atoms with E-state index in [9.17, 15) is 5.11 Å². The predicted octanol–water partition coefficient (Wildman–Crippen LogP) is 0.365. The maximum Gasteiger partial charge on any atom is 0.155 e. The largest absolute Gasteiger partial charge is 0.390 e. The minimum atomic E-state index is -0.631. The number of aromatic amines is 1. The molecule has 0 spiro atoms. The molecule has 1 fully saturated rings. The van der Waals surface area contributed by atoms with Gasteiger partial charge >= 0.3 is 0 Å². The number of aliphatic hydroxyl groups is 1. The van der Waals surface area contributed by atoms with E-state index in [2.05, 4.69) is 20.2 Å². The first-order chi connectivity index (χ1) is 8.70. The fourth-order valence-electron chi connectivity index (χ4n) is 2.17. The Morgan fingerprint density at radius 2 is 2.33 bits per heavy atom. The number of aromatic nitrogens is 4. The number of nitrogens with zero attached hydrogens (tertiary/aromatic N) is 3. The third-order valence-electron chi connectivity index (χ3n) is 3.04. The zero-order valence-corrected chi connectivity index (χ0v) is 10.1. The summed E-state index contributed by atoms with van der Waals surface area (Å²) in [4.78, 5) is 7.98. The van der Waals surface area contributed by atoms with E-state index >= 15 is 0 Å². The van der Waals surface area contributed by atoms with Crippen LogP contribution in [0, 0.1) is 0 Å². The van der Waals surface area contributed by atoms with Crippen LogP contribution in [0.5, 0.6) is 0 Å². The first-order valence-electron chi connectivity index (χ1n) is 5.54. The monoisotopic (exact) mass is 269 g/mol. The lowest BCUT2D eigenvalue weighted by atomic mass is 10.1. The number of hydrogen-bond acceptors (Lipinski definition) is 6. The molecule has 0 saturated carbocycles. The molecule has 3 atom stereocenters. The third kappa shape index (κ3) is 1.71. The molecule has 3 rings (SSSR count). The number of aliphatic hydroxyl groups excluding tert-OH is 1. The SMILES string of the molecule is Nc1ncnc2c([C@@H]3O[C@H](CCl)C[C@H]3O)[nH]nc12. The van der Waals surface area contributed by atoms with Crippen molar-refractivity contribution in [2.75, 3.05) is 11.6 Å². The second kappa shape index (κ2) is 4.34. The van der Waals surface area contributed by atoms with Crippen LogP contribution in [0.1, 0.15) is 18.2 Å². The van der Waals surface area contributed by atoms with E-state index in [0.29, 0.717) is 34.8 Å². The highest BCUT2D eigenvalue weighted by atomic mass is 35.5. The van der Waals surface area contributed by atoms with Gasteiger partial charge < -0.3 is 15.6 Å². The fourth-order valence-corrected chi connectivity index (χ4v) is 2.37. The molecule has 0 radical (unpaired) electrons. The van der Waals surface area contributed by atoms with Crippen molar-refractivity contribution in [2.45, 2.75) is 24.7 Å². The predicted molar refractivity (Wildman–Crippen MR) is 65.1 cm³/mol. The molecule has 1 saturated heterocycles. The lowest BCUT2D eigenvalue weighted by molar-refractivity contribution is 0.0143. The molecule has 0 aromatic carbocycles. The van der Waals surface area contributed by atoms with Crippen molar-refractivity contribution in [3.05, 3.63) is 12.0 Å². The van der Waals surface area contributed by atoms with E-state index in [-0.39, 0.29) is 6.10 Å². The molecule has 2 aromatic rings. The van der Waals surface area contributed by atoms with Crippen molar-refractivity contribution >= 4 is 28.5 Å². The van der Waals surface area contributed by atoms with Crippen molar-refractivity contribution in [3.63, 3.8) is 0 Å². The molecule has 2 aromatic heterocycles. The lowest BCUT2D eigenvalue weighted by Gasteiger charge is -2.12. The summed E-state index contributed by atoms with van der Waals surface area (Å²) in [5.74, 6) is 0.639. The number of nitrogens with one attached hydrogen (secondary N) is 1. The molecular weight excluding hydrogens is 258 g/mol. The molecule has 0 bridgehead atoms. The summed E-state index contributed by atoms with van der Waals surface area (Å²) in [6.07, 6.45) is 0.553. The van der Waals surface area contributed by atoms with Gasteiger partial charge in [0.15, 0.2) is 11.3 Å². The number of nitrogen functional groups attached to an aromatic ring is 1. The fraction of sp³-hybridized carbons (Fsp3) is 0.500. The number of ether oxygens (including phenoxy) is 1. The quantitative estimate of drug-likeness (QED) is 0.679. The first-order valence-corrected chi connectivity index (χ1v) is 6.08. The van der Waals surface area contributed by atoms with Crippen LogP contribution in [0.2, 0.25) is 0 Å². The Hall–Kier alpha value is -1.44. The molecule has 1 aliphatic heterocycles. The molecule has 18 heavy (non-hydrogen) atoms. The van der Waals surface area contributed by atoms with Crippen molar-refractivity contribution in [1.82, 2.24) is 20.2 Å². The molecule has 3 heterocycles. The standard InChI is InChI=1S/C10H12ClN5O2/c11-2-4-1-5(17)9(18-4)7-6-8(16-15-7)10(12)14-3-13-6/h3-5,9,17H,1-2H2,(H,15,16)(H2,12,13,14)/t4-,5+,9+/m0/s1. The van der Waals surface area contributed by atoms with Crippen LogP contribution in [0.3, 0.4) is 0 Å². The number of H-pyrrole nitrogens is 1. The number of rotatable bonds is 2. The second-order valence-electron chi connectivity index (χ2n) is 4.23. The van der Waals surface area contributed by atoms with Gasteiger partial charge in [0.25, 0.3) is 0 Å². The summed E-state index contributed by atoms with van der Waals surface area (Å²) in [5.41, 5.74) is 7.36. The van der Waals surface area contributed by atoms with Gasteiger partial charge in [-0.05, 0) is 0 Å². The van der Waals surface area contributed by atoms with Crippen molar-refractivity contribution in [3.8, 4) is 0 Å². The summed E-state index contributed by atoms with van der Waals surface area (Å²) in [6.45, 7) is 0.